The monoisotopic (exact) mass is 266 g/mol. The molecule has 4 heteroatoms. The lowest BCUT2D eigenvalue weighted by molar-refractivity contribution is -0.122. The van der Waals surface area contributed by atoms with Crippen LogP contribution in [0.5, 0.6) is 0 Å². The van der Waals surface area contributed by atoms with Crippen molar-refractivity contribution in [3.05, 3.63) is 35.9 Å². The summed E-state index contributed by atoms with van der Waals surface area (Å²) in [6, 6.07) is 9.92. The predicted octanol–water partition coefficient (Wildman–Crippen LogP) is 1.82. The van der Waals surface area contributed by atoms with Crippen LogP contribution in [0.25, 0.3) is 0 Å². The number of carbonyl (C=O) groups is 1. The second kappa shape index (κ2) is 9.00. The molecule has 0 spiro atoms. The van der Waals surface area contributed by atoms with Crippen LogP contribution in [0.4, 0.5) is 0 Å². The highest BCUT2D eigenvalue weighted by Crippen LogP contribution is 2.02. The van der Waals surface area contributed by atoms with E-state index >= 15 is 0 Å². The number of hydrogen-bond donors (Lipinski definition) is 2. The Labute approximate surface area is 114 Å². The van der Waals surface area contributed by atoms with Crippen LogP contribution in [-0.2, 0) is 11.2 Å². The highest BCUT2D eigenvalue weighted by molar-refractivity contribution is 7.98. The van der Waals surface area contributed by atoms with Gasteiger partial charge in [-0.15, -0.1) is 0 Å². The minimum Gasteiger partial charge on any atom is -0.355 e. The summed E-state index contributed by atoms with van der Waals surface area (Å²) in [4.78, 5) is 11.6. The Hall–Kier alpha value is -1.00. The molecule has 1 aromatic rings. The summed E-state index contributed by atoms with van der Waals surface area (Å²) in [7, 11) is 0. The van der Waals surface area contributed by atoms with Gasteiger partial charge in [0.1, 0.15) is 0 Å². The molecule has 0 aliphatic heterocycles. The van der Waals surface area contributed by atoms with E-state index in [9.17, 15) is 4.79 Å². The average Bonchev–Trinajstić information content (AvgIpc) is 2.41. The van der Waals surface area contributed by atoms with E-state index in [1.54, 1.807) is 11.8 Å². The quantitative estimate of drug-likeness (QED) is 0.706. The van der Waals surface area contributed by atoms with Gasteiger partial charge in [-0.2, -0.15) is 11.8 Å². The van der Waals surface area contributed by atoms with Crippen LogP contribution in [0.15, 0.2) is 30.3 Å². The molecule has 18 heavy (non-hydrogen) atoms. The lowest BCUT2D eigenvalue weighted by Crippen LogP contribution is -2.41. The topological polar surface area (TPSA) is 55.1 Å². The minimum absolute atomic E-state index is 0.0305. The second-order valence-corrected chi connectivity index (χ2v) is 5.25. The summed E-state index contributed by atoms with van der Waals surface area (Å²) in [6.07, 6.45) is 4.70. The highest BCUT2D eigenvalue weighted by Gasteiger charge is 2.11. The van der Waals surface area contributed by atoms with Gasteiger partial charge in [0, 0.05) is 6.54 Å². The number of rotatable bonds is 8. The van der Waals surface area contributed by atoms with Gasteiger partial charge in [-0.1, -0.05) is 30.3 Å². The van der Waals surface area contributed by atoms with E-state index in [1.165, 1.54) is 5.56 Å². The van der Waals surface area contributed by atoms with E-state index in [0.717, 1.165) is 25.0 Å². The first-order valence-corrected chi connectivity index (χ1v) is 7.69. The lowest BCUT2D eigenvalue weighted by atomic mass is 10.1. The van der Waals surface area contributed by atoms with Gasteiger partial charge in [0.15, 0.2) is 0 Å². The normalized spacial score (nSPS) is 12.1. The molecule has 0 heterocycles. The van der Waals surface area contributed by atoms with E-state index in [-0.39, 0.29) is 11.9 Å². The fraction of sp³-hybridized carbons (Fsp3) is 0.500. The number of aryl methyl sites for hydroxylation is 1. The Morgan fingerprint density at radius 2 is 2.11 bits per heavy atom. The van der Waals surface area contributed by atoms with Gasteiger partial charge in [-0.3, -0.25) is 4.79 Å². The standard InChI is InChI=1S/C14H22N2OS/c1-18-11-9-13(15)14(17)16-10-5-8-12-6-3-2-4-7-12/h2-4,6-7,13H,5,8-11,15H2,1H3,(H,16,17)/t13-/m1/s1. The first-order valence-electron chi connectivity index (χ1n) is 6.30. The third-order valence-electron chi connectivity index (χ3n) is 2.75. The predicted molar refractivity (Wildman–Crippen MR) is 78.7 cm³/mol. The molecule has 1 aromatic carbocycles. The summed E-state index contributed by atoms with van der Waals surface area (Å²) >= 11 is 1.71. The molecule has 0 aromatic heterocycles. The molecule has 1 atom stereocenters. The molecule has 0 bridgehead atoms. The van der Waals surface area contributed by atoms with Crippen molar-refractivity contribution in [1.29, 1.82) is 0 Å². The zero-order chi connectivity index (χ0) is 13.2. The van der Waals surface area contributed by atoms with E-state index in [0.29, 0.717) is 6.54 Å². The van der Waals surface area contributed by atoms with Gasteiger partial charge in [-0.25, -0.2) is 0 Å². The molecular formula is C14H22N2OS. The van der Waals surface area contributed by atoms with Crippen molar-refractivity contribution in [3.63, 3.8) is 0 Å². The smallest absolute Gasteiger partial charge is 0.236 e. The molecule has 0 aliphatic rings. The molecule has 1 rings (SSSR count). The van der Waals surface area contributed by atoms with Gasteiger partial charge in [-0.05, 0) is 36.8 Å². The summed E-state index contributed by atoms with van der Waals surface area (Å²) in [6.45, 7) is 0.695. The van der Waals surface area contributed by atoms with Crippen LogP contribution in [0.2, 0.25) is 0 Å². The zero-order valence-electron chi connectivity index (χ0n) is 10.9. The molecule has 0 saturated heterocycles. The largest absolute Gasteiger partial charge is 0.355 e. The van der Waals surface area contributed by atoms with Crippen LogP contribution < -0.4 is 11.1 Å². The second-order valence-electron chi connectivity index (χ2n) is 4.27. The zero-order valence-corrected chi connectivity index (χ0v) is 11.7. The van der Waals surface area contributed by atoms with Gasteiger partial charge < -0.3 is 11.1 Å². The Morgan fingerprint density at radius 3 is 2.78 bits per heavy atom. The van der Waals surface area contributed by atoms with Crippen molar-refractivity contribution in [2.75, 3.05) is 18.6 Å². The molecule has 0 fully saturated rings. The van der Waals surface area contributed by atoms with Crippen molar-refractivity contribution in [1.82, 2.24) is 5.32 Å². The van der Waals surface area contributed by atoms with Crippen molar-refractivity contribution in [3.8, 4) is 0 Å². The molecule has 100 valence electrons. The van der Waals surface area contributed by atoms with Gasteiger partial charge in [0.2, 0.25) is 5.91 Å². The summed E-state index contributed by atoms with van der Waals surface area (Å²) in [5.41, 5.74) is 7.08. The van der Waals surface area contributed by atoms with Crippen LogP contribution in [-0.4, -0.2) is 30.5 Å². The lowest BCUT2D eigenvalue weighted by Gasteiger charge is -2.11. The van der Waals surface area contributed by atoms with E-state index in [1.807, 2.05) is 24.5 Å². The molecule has 0 aliphatic carbocycles. The van der Waals surface area contributed by atoms with Crippen molar-refractivity contribution in [2.45, 2.75) is 25.3 Å². The van der Waals surface area contributed by atoms with E-state index < -0.39 is 0 Å². The number of nitrogens with two attached hydrogens (primary N) is 1. The SMILES string of the molecule is CSCC[C@@H](N)C(=O)NCCCc1ccccc1. The van der Waals surface area contributed by atoms with Gasteiger partial charge in [0.05, 0.1) is 6.04 Å². The Bertz CT molecular complexity index is 343. The Morgan fingerprint density at radius 1 is 1.39 bits per heavy atom. The van der Waals surface area contributed by atoms with Crippen LogP contribution in [0, 0.1) is 0 Å². The Kier molecular flexibility index (Phi) is 7.53. The number of nitrogens with one attached hydrogen (secondary N) is 1. The number of benzene rings is 1. The van der Waals surface area contributed by atoms with Gasteiger partial charge >= 0.3 is 0 Å². The van der Waals surface area contributed by atoms with Crippen molar-refractivity contribution < 1.29 is 4.79 Å². The number of thioether (sulfide) groups is 1. The summed E-state index contributed by atoms with van der Waals surface area (Å²) in [5, 5.41) is 2.89. The summed E-state index contributed by atoms with van der Waals surface area (Å²) in [5.74, 6) is 0.899. The third kappa shape index (κ3) is 6.07. The molecule has 0 unspecified atom stereocenters. The van der Waals surface area contributed by atoms with Crippen LogP contribution in [0.1, 0.15) is 18.4 Å². The fourth-order valence-corrected chi connectivity index (χ4v) is 2.15. The summed E-state index contributed by atoms with van der Waals surface area (Å²) < 4.78 is 0. The third-order valence-corrected chi connectivity index (χ3v) is 3.40. The highest BCUT2D eigenvalue weighted by atomic mass is 32.2. The maximum atomic E-state index is 11.6. The molecule has 3 nitrogen and oxygen atoms in total. The van der Waals surface area contributed by atoms with E-state index in [4.69, 9.17) is 5.73 Å². The fourth-order valence-electron chi connectivity index (χ4n) is 1.66. The van der Waals surface area contributed by atoms with Crippen LogP contribution >= 0.6 is 11.8 Å². The Balaban J connectivity index is 2.12. The average molecular weight is 266 g/mol. The van der Waals surface area contributed by atoms with Gasteiger partial charge in [0.25, 0.3) is 0 Å². The number of amides is 1. The number of hydrogen-bond acceptors (Lipinski definition) is 3. The maximum absolute atomic E-state index is 11.6. The van der Waals surface area contributed by atoms with Crippen molar-refractivity contribution in [2.24, 2.45) is 5.73 Å². The van der Waals surface area contributed by atoms with E-state index in [2.05, 4.69) is 17.4 Å². The van der Waals surface area contributed by atoms with Crippen molar-refractivity contribution >= 4 is 17.7 Å². The maximum Gasteiger partial charge on any atom is 0.236 e. The number of carbonyl (C=O) groups excluding carboxylic acids is 1. The molecule has 0 radical (unpaired) electrons. The first-order chi connectivity index (χ1) is 8.74. The molecule has 0 saturated carbocycles. The minimum atomic E-state index is -0.367. The molecule has 3 N–H and O–H groups in total. The van der Waals surface area contributed by atoms with Crippen LogP contribution in [0.3, 0.4) is 0 Å². The first kappa shape index (κ1) is 15.1. The molecule has 1 amide bonds. The molecular weight excluding hydrogens is 244 g/mol.